The quantitative estimate of drug-likeness (QED) is 0.868. The van der Waals surface area contributed by atoms with Gasteiger partial charge in [-0.3, -0.25) is 9.59 Å². The van der Waals surface area contributed by atoms with Crippen LogP contribution in [0.2, 0.25) is 0 Å². The highest BCUT2D eigenvalue weighted by Gasteiger charge is 2.38. The molecule has 1 saturated carbocycles. The highest BCUT2D eigenvalue weighted by atomic mass is 16.4. The molecule has 4 nitrogen and oxygen atoms in total. The lowest BCUT2D eigenvalue weighted by molar-refractivity contribution is -0.139. The van der Waals surface area contributed by atoms with E-state index in [9.17, 15) is 9.59 Å². The predicted molar refractivity (Wildman–Crippen MR) is 76.5 cm³/mol. The molecule has 1 aromatic carbocycles. The predicted octanol–water partition coefficient (Wildman–Crippen LogP) is 2.69. The summed E-state index contributed by atoms with van der Waals surface area (Å²) in [5, 5.41) is 12.1. The summed E-state index contributed by atoms with van der Waals surface area (Å²) >= 11 is 0. The van der Waals surface area contributed by atoms with Gasteiger partial charge in [0.05, 0.1) is 17.9 Å². The molecule has 0 bridgehead atoms. The van der Waals surface area contributed by atoms with Crippen molar-refractivity contribution in [3.05, 3.63) is 35.9 Å². The van der Waals surface area contributed by atoms with Gasteiger partial charge in [0.25, 0.3) is 0 Å². The molecule has 1 fully saturated rings. The fraction of sp³-hybridized carbons (Fsp3) is 0.500. The zero-order chi connectivity index (χ0) is 14.6. The first-order chi connectivity index (χ1) is 9.52. The summed E-state index contributed by atoms with van der Waals surface area (Å²) in [6, 6.07) is 9.56. The Morgan fingerprint density at radius 1 is 1.25 bits per heavy atom. The SMILES string of the molecule is C[C@H](C(=O)NC1(CC(=O)O)CCCC1)c1ccccc1. The molecular weight excluding hydrogens is 254 g/mol. The van der Waals surface area contributed by atoms with Gasteiger partial charge in [-0.25, -0.2) is 0 Å². The number of benzene rings is 1. The first kappa shape index (κ1) is 14.6. The van der Waals surface area contributed by atoms with Crippen LogP contribution >= 0.6 is 0 Å². The number of aliphatic carboxylic acids is 1. The Kier molecular flexibility index (Phi) is 4.42. The van der Waals surface area contributed by atoms with Crippen molar-refractivity contribution in [2.45, 2.75) is 50.5 Å². The first-order valence-electron chi connectivity index (χ1n) is 7.11. The van der Waals surface area contributed by atoms with Gasteiger partial charge in [0, 0.05) is 0 Å². The van der Waals surface area contributed by atoms with Crippen LogP contribution in [0, 0.1) is 0 Å². The number of hydrogen-bond donors (Lipinski definition) is 2. The number of carbonyl (C=O) groups is 2. The molecule has 0 aromatic heterocycles. The largest absolute Gasteiger partial charge is 0.481 e. The number of nitrogens with one attached hydrogen (secondary N) is 1. The van der Waals surface area contributed by atoms with Crippen LogP contribution in [0.25, 0.3) is 0 Å². The third kappa shape index (κ3) is 3.38. The number of rotatable bonds is 5. The molecule has 108 valence electrons. The molecule has 2 N–H and O–H groups in total. The molecule has 4 heteroatoms. The molecule has 0 heterocycles. The molecule has 0 aliphatic heterocycles. The van der Waals surface area contributed by atoms with E-state index in [1.807, 2.05) is 37.3 Å². The molecule has 1 aliphatic carbocycles. The third-order valence-corrected chi connectivity index (χ3v) is 4.13. The highest BCUT2D eigenvalue weighted by Crippen LogP contribution is 2.33. The maximum absolute atomic E-state index is 12.4. The normalized spacial score (nSPS) is 18.4. The minimum atomic E-state index is -0.848. The van der Waals surface area contributed by atoms with Gasteiger partial charge < -0.3 is 10.4 Å². The molecule has 0 unspecified atom stereocenters. The van der Waals surface area contributed by atoms with Gasteiger partial charge in [0.15, 0.2) is 0 Å². The molecule has 0 spiro atoms. The van der Waals surface area contributed by atoms with Gasteiger partial charge in [-0.15, -0.1) is 0 Å². The molecular formula is C16H21NO3. The van der Waals surface area contributed by atoms with E-state index in [1.165, 1.54) is 0 Å². The van der Waals surface area contributed by atoms with Crippen molar-refractivity contribution in [3.8, 4) is 0 Å². The standard InChI is InChI=1S/C16H21NO3/c1-12(13-7-3-2-4-8-13)15(20)17-16(11-14(18)19)9-5-6-10-16/h2-4,7-8,12H,5-6,9-11H2,1H3,(H,17,20)(H,18,19)/t12-/m0/s1. The zero-order valence-electron chi connectivity index (χ0n) is 11.8. The van der Waals surface area contributed by atoms with Crippen LogP contribution in [-0.4, -0.2) is 22.5 Å². The Balaban J connectivity index is 2.07. The van der Waals surface area contributed by atoms with Gasteiger partial charge in [0.2, 0.25) is 5.91 Å². The van der Waals surface area contributed by atoms with Gasteiger partial charge in [-0.05, 0) is 25.3 Å². The molecule has 1 amide bonds. The lowest BCUT2D eigenvalue weighted by Crippen LogP contribution is -2.49. The van der Waals surface area contributed by atoms with E-state index in [4.69, 9.17) is 5.11 Å². The smallest absolute Gasteiger partial charge is 0.305 e. The fourth-order valence-electron chi connectivity index (χ4n) is 2.95. The van der Waals surface area contributed by atoms with Gasteiger partial charge in [-0.2, -0.15) is 0 Å². The second-order valence-electron chi connectivity index (χ2n) is 5.68. The van der Waals surface area contributed by atoms with E-state index in [2.05, 4.69) is 5.32 Å². The summed E-state index contributed by atoms with van der Waals surface area (Å²) in [6.45, 7) is 1.86. The zero-order valence-corrected chi connectivity index (χ0v) is 11.8. The summed E-state index contributed by atoms with van der Waals surface area (Å²) in [7, 11) is 0. The Labute approximate surface area is 119 Å². The number of carboxylic acid groups (broad SMARTS) is 1. The van der Waals surface area contributed by atoms with E-state index in [1.54, 1.807) is 0 Å². The van der Waals surface area contributed by atoms with Crippen LogP contribution in [0.5, 0.6) is 0 Å². The molecule has 1 atom stereocenters. The van der Waals surface area contributed by atoms with Crippen LogP contribution in [0.1, 0.15) is 50.5 Å². The van der Waals surface area contributed by atoms with Gasteiger partial charge in [-0.1, -0.05) is 43.2 Å². The third-order valence-electron chi connectivity index (χ3n) is 4.13. The Hall–Kier alpha value is -1.84. The highest BCUT2D eigenvalue weighted by molar-refractivity contribution is 5.84. The van der Waals surface area contributed by atoms with Crippen molar-refractivity contribution in [2.75, 3.05) is 0 Å². The Bertz CT molecular complexity index is 478. The van der Waals surface area contributed by atoms with Crippen LogP contribution in [-0.2, 0) is 9.59 Å². The number of amides is 1. The Morgan fingerprint density at radius 2 is 1.85 bits per heavy atom. The molecule has 2 rings (SSSR count). The molecule has 1 aromatic rings. The minimum Gasteiger partial charge on any atom is -0.481 e. The van der Waals surface area contributed by atoms with Crippen molar-refractivity contribution >= 4 is 11.9 Å². The summed E-state index contributed by atoms with van der Waals surface area (Å²) in [5.74, 6) is -1.19. The monoisotopic (exact) mass is 275 g/mol. The number of hydrogen-bond acceptors (Lipinski definition) is 2. The van der Waals surface area contributed by atoms with E-state index in [0.29, 0.717) is 0 Å². The van der Waals surface area contributed by atoms with E-state index < -0.39 is 11.5 Å². The van der Waals surface area contributed by atoms with Crippen molar-refractivity contribution < 1.29 is 14.7 Å². The lowest BCUT2D eigenvalue weighted by Gasteiger charge is -2.30. The average molecular weight is 275 g/mol. The maximum Gasteiger partial charge on any atom is 0.305 e. The van der Waals surface area contributed by atoms with Crippen molar-refractivity contribution in [1.82, 2.24) is 5.32 Å². The van der Waals surface area contributed by atoms with Crippen LogP contribution in [0.4, 0.5) is 0 Å². The molecule has 1 aliphatic rings. The van der Waals surface area contributed by atoms with E-state index in [-0.39, 0.29) is 18.2 Å². The first-order valence-corrected chi connectivity index (χ1v) is 7.11. The van der Waals surface area contributed by atoms with Crippen molar-refractivity contribution in [3.63, 3.8) is 0 Å². The van der Waals surface area contributed by atoms with E-state index >= 15 is 0 Å². The fourth-order valence-corrected chi connectivity index (χ4v) is 2.95. The maximum atomic E-state index is 12.4. The molecule has 0 saturated heterocycles. The second-order valence-corrected chi connectivity index (χ2v) is 5.68. The van der Waals surface area contributed by atoms with Crippen molar-refractivity contribution in [1.29, 1.82) is 0 Å². The van der Waals surface area contributed by atoms with Gasteiger partial charge >= 0.3 is 5.97 Å². The molecule has 0 radical (unpaired) electrons. The summed E-state index contributed by atoms with van der Waals surface area (Å²) in [6.07, 6.45) is 3.49. The topological polar surface area (TPSA) is 66.4 Å². The van der Waals surface area contributed by atoms with Crippen molar-refractivity contribution in [2.24, 2.45) is 0 Å². The van der Waals surface area contributed by atoms with Crippen LogP contribution in [0.3, 0.4) is 0 Å². The number of carboxylic acids is 1. The second kappa shape index (κ2) is 6.07. The van der Waals surface area contributed by atoms with E-state index in [0.717, 1.165) is 31.2 Å². The average Bonchev–Trinajstić information content (AvgIpc) is 2.86. The van der Waals surface area contributed by atoms with Gasteiger partial charge in [0.1, 0.15) is 0 Å². The Morgan fingerprint density at radius 3 is 2.40 bits per heavy atom. The molecule has 20 heavy (non-hydrogen) atoms. The van der Waals surface area contributed by atoms with Crippen LogP contribution < -0.4 is 5.32 Å². The minimum absolute atomic E-state index is 0.0141. The summed E-state index contributed by atoms with van der Waals surface area (Å²) in [5.41, 5.74) is 0.403. The number of carbonyl (C=O) groups excluding carboxylic acids is 1. The van der Waals surface area contributed by atoms with Crippen LogP contribution in [0.15, 0.2) is 30.3 Å². The summed E-state index contributed by atoms with van der Waals surface area (Å²) < 4.78 is 0. The summed E-state index contributed by atoms with van der Waals surface area (Å²) in [4.78, 5) is 23.4. The lowest BCUT2D eigenvalue weighted by atomic mass is 9.91.